The molecule has 2 atom stereocenters. The molecule has 2 rings (SSSR count). The molecule has 0 aliphatic rings. The van der Waals surface area contributed by atoms with Gasteiger partial charge in [0.15, 0.2) is 0 Å². The van der Waals surface area contributed by atoms with E-state index < -0.39 is 0 Å². The first-order chi connectivity index (χ1) is 8.68. The van der Waals surface area contributed by atoms with Gasteiger partial charge in [-0.25, -0.2) is 0 Å². The lowest BCUT2D eigenvalue weighted by atomic mass is 10.1. The molecule has 1 heterocycles. The predicted molar refractivity (Wildman–Crippen MR) is 78.3 cm³/mol. The number of halogens is 1. The Bertz CT molecular complexity index is 499. The highest BCUT2D eigenvalue weighted by molar-refractivity contribution is 9.10. The van der Waals surface area contributed by atoms with Crippen LogP contribution in [-0.2, 0) is 0 Å². The minimum atomic E-state index is 0.295. The van der Waals surface area contributed by atoms with E-state index in [1.165, 1.54) is 11.1 Å². The second-order valence-corrected chi connectivity index (χ2v) is 5.27. The lowest BCUT2D eigenvalue weighted by molar-refractivity contribution is 0.493. The van der Waals surface area contributed by atoms with Crippen molar-refractivity contribution in [2.24, 2.45) is 0 Å². The molecule has 0 amide bonds. The highest BCUT2D eigenvalue weighted by atomic mass is 79.9. The Morgan fingerprint density at radius 2 is 1.67 bits per heavy atom. The molecule has 94 valence electrons. The maximum absolute atomic E-state index is 4.04. The normalized spacial score (nSPS) is 14.2. The lowest BCUT2D eigenvalue weighted by Gasteiger charge is -2.21. The maximum atomic E-state index is 4.04. The first kappa shape index (κ1) is 13.2. The van der Waals surface area contributed by atoms with E-state index >= 15 is 0 Å². The summed E-state index contributed by atoms with van der Waals surface area (Å²) in [6.45, 7) is 4.35. The first-order valence-electron chi connectivity index (χ1n) is 6.09. The minimum absolute atomic E-state index is 0.295. The Kier molecular flexibility index (Phi) is 4.50. The van der Waals surface area contributed by atoms with Crippen LogP contribution in [0.25, 0.3) is 0 Å². The summed E-state index contributed by atoms with van der Waals surface area (Å²) >= 11 is 3.59. The van der Waals surface area contributed by atoms with Crippen molar-refractivity contribution in [3.8, 4) is 0 Å². The number of nitrogens with zero attached hydrogens (tertiary/aromatic N) is 1. The van der Waals surface area contributed by atoms with Crippen molar-refractivity contribution in [1.29, 1.82) is 0 Å². The van der Waals surface area contributed by atoms with E-state index in [1.807, 2.05) is 30.6 Å². The van der Waals surface area contributed by atoms with E-state index in [0.717, 1.165) is 4.47 Å². The summed E-state index contributed by atoms with van der Waals surface area (Å²) in [4.78, 5) is 4.04. The molecule has 2 aromatic rings. The van der Waals surface area contributed by atoms with E-state index in [-0.39, 0.29) is 0 Å². The summed E-state index contributed by atoms with van der Waals surface area (Å²) in [7, 11) is 0. The number of hydrogen-bond donors (Lipinski definition) is 1. The zero-order valence-electron chi connectivity index (χ0n) is 10.6. The highest BCUT2D eigenvalue weighted by Gasteiger charge is 2.12. The van der Waals surface area contributed by atoms with Crippen molar-refractivity contribution in [1.82, 2.24) is 10.3 Å². The summed E-state index contributed by atoms with van der Waals surface area (Å²) in [6, 6.07) is 13.0. The first-order valence-corrected chi connectivity index (χ1v) is 6.88. The number of benzene rings is 1. The van der Waals surface area contributed by atoms with Crippen LogP contribution in [0.15, 0.2) is 53.3 Å². The molecule has 0 aliphatic carbocycles. The average Bonchev–Trinajstić information content (AvgIpc) is 2.40. The van der Waals surface area contributed by atoms with Gasteiger partial charge in [-0.1, -0.05) is 34.1 Å². The molecular weight excluding hydrogens is 288 g/mol. The number of hydrogen-bond acceptors (Lipinski definition) is 2. The fourth-order valence-corrected chi connectivity index (χ4v) is 2.67. The van der Waals surface area contributed by atoms with Crippen LogP contribution in [0, 0.1) is 0 Å². The van der Waals surface area contributed by atoms with Crippen molar-refractivity contribution >= 4 is 15.9 Å². The molecule has 0 spiro atoms. The molecule has 0 radical (unpaired) electrons. The molecule has 1 aromatic carbocycles. The lowest BCUT2D eigenvalue weighted by Crippen LogP contribution is -2.22. The summed E-state index contributed by atoms with van der Waals surface area (Å²) in [5.74, 6) is 0. The van der Waals surface area contributed by atoms with Gasteiger partial charge in [-0.2, -0.15) is 0 Å². The molecule has 1 unspecified atom stereocenters. The highest BCUT2D eigenvalue weighted by Crippen LogP contribution is 2.25. The molecule has 0 saturated carbocycles. The standard InChI is InChI=1S/C15H17BrN2/c1-11(13-7-9-17-10-8-13)18-12(2)14-5-3-4-6-15(14)16/h3-12,18H,1-2H3/t11?,12-/m1/s1. The van der Waals surface area contributed by atoms with Crippen LogP contribution >= 0.6 is 15.9 Å². The summed E-state index contributed by atoms with van der Waals surface area (Å²) in [5.41, 5.74) is 2.53. The van der Waals surface area contributed by atoms with Crippen molar-refractivity contribution in [2.45, 2.75) is 25.9 Å². The van der Waals surface area contributed by atoms with Gasteiger partial charge in [0.1, 0.15) is 0 Å². The van der Waals surface area contributed by atoms with E-state index in [4.69, 9.17) is 0 Å². The van der Waals surface area contributed by atoms with E-state index in [9.17, 15) is 0 Å². The van der Waals surface area contributed by atoms with Gasteiger partial charge < -0.3 is 5.32 Å². The van der Waals surface area contributed by atoms with Crippen LogP contribution < -0.4 is 5.32 Å². The third-order valence-electron chi connectivity index (χ3n) is 3.08. The Morgan fingerprint density at radius 3 is 2.33 bits per heavy atom. The van der Waals surface area contributed by atoms with Crippen molar-refractivity contribution in [2.75, 3.05) is 0 Å². The summed E-state index contributed by atoms with van der Waals surface area (Å²) < 4.78 is 1.15. The molecule has 0 aliphatic heterocycles. The van der Waals surface area contributed by atoms with Crippen molar-refractivity contribution in [3.63, 3.8) is 0 Å². The maximum Gasteiger partial charge on any atom is 0.0308 e. The minimum Gasteiger partial charge on any atom is -0.304 e. The van der Waals surface area contributed by atoms with Gasteiger partial charge in [0.05, 0.1) is 0 Å². The van der Waals surface area contributed by atoms with Gasteiger partial charge in [-0.05, 0) is 43.2 Å². The largest absolute Gasteiger partial charge is 0.304 e. The third kappa shape index (κ3) is 3.18. The molecule has 3 heteroatoms. The second-order valence-electron chi connectivity index (χ2n) is 4.41. The Morgan fingerprint density at radius 1 is 1.00 bits per heavy atom. The van der Waals surface area contributed by atoms with Gasteiger partial charge in [-0.15, -0.1) is 0 Å². The number of nitrogens with one attached hydrogen (secondary N) is 1. The fraction of sp³-hybridized carbons (Fsp3) is 0.267. The van der Waals surface area contributed by atoms with Crippen LogP contribution in [0.3, 0.4) is 0 Å². The van der Waals surface area contributed by atoms with Gasteiger partial charge in [0.2, 0.25) is 0 Å². The van der Waals surface area contributed by atoms with Crippen LogP contribution in [0.2, 0.25) is 0 Å². The zero-order chi connectivity index (χ0) is 13.0. The van der Waals surface area contributed by atoms with Crippen LogP contribution in [-0.4, -0.2) is 4.98 Å². The van der Waals surface area contributed by atoms with Gasteiger partial charge in [-0.3, -0.25) is 4.98 Å². The predicted octanol–water partition coefficient (Wildman–Crippen LogP) is 4.26. The molecule has 0 saturated heterocycles. The molecule has 0 fully saturated rings. The van der Waals surface area contributed by atoms with Crippen molar-refractivity contribution in [3.05, 3.63) is 64.4 Å². The third-order valence-corrected chi connectivity index (χ3v) is 3.80. The molecule has 18 heavy (non-hydrogen) atoms. The van der Waals surface area contributed by atoms with Gasteiger partial charge in [0.25, 0.3) is 0 Å². The van der Waals surface area contributed by atoms with Crippen LogP contribution in [0.4, 0.5) is 0 Å². The average molecular weight is 305 g/mol. The Labute approximate surface area is 117 Å². The topological polar surface area (TPSA) is 24.9 Å². The number of aromatic nitrogens is 1. The summed E-state index contributed by atoms with van der Waals surface area (Å²) in [6.07, 6.45) is 3.66. The fourth-order valence-electron chi connectivity index (χ4n) is 2.04. The van der Waals surface area contributed by atoms with Crippen LogP contribution in [0.1, 0.15) is 37.1 Å². The Balaban J connectivity index is 2.08. The van der Waals surface area contributed by atoms with Crippen LogP contribution in [0.5, 0.6) is 0 Å². The van der Waals surface area contributed by atoms with Gasteiger partial charge in [0, 0.05) is 29.0 Å². The quantitative estimate of drug-likeness (QED) is 0.913. The molecule has 0 bridgehead atoms. The Hall–Kier alpha value is -1.19. The number of pyridine rings is 1. The molecule has 2 nitrogen and oxygen atoms in total. The van der Waals surface area contributed by atoms with Crippen molar-refractivity contribution < 1.29 is 0 Å². The zero-order valence-corrected chi connectivity index (χ0v) is 12.2. The monoisotopic (exact) mass is 304 g/mol. The SMILES string of the molecule is CC(N[C@H](C)c1ccccc1Br)c1ccncc1. The van der Waals surface area contributed by atoms with E-state index in [0.29, 0.717) is 12.1 Å². The summed E-state index contributed by atoms with van der Waals surface area (Å²) in [5, 5.41) is 3.60. The molecule has 1 N–H and O–H groups in total. The van der Waals surface area contributed by atoms with Gasteiger partial charge >= 0.3 is 0 Å². The number of rotatable bonds is 4. The molecule has 1 aromatic heterocycles. The van der Waals surface area contributed by atoms with E-state index in [1.54, 1.807) is 0 Å². The smallest absolute Gasteiger partial charge is 0.0308 e. The second kappa shape index (κ2) is 6.12. The molecular formula is C15H17BrN2. The van der Waals surface area contributed by atoms with E-state index in [2.05, 4.69) is 58.3 Å².